The summed E-state index contributed by atoms with van der Waals surface area (Å²) in [7, 11) is 0. The lowest BCUT2D eigenvalue weighted by Crippen LogP contribution is -2.42. The molecule has 226 valence electrons. The van der Waals surface area contributed by atoms with Crippen LogP contribution in [0.15, 0.2) is 12.2 Å². The molecule has 0 unspecified atom stereocenters. The van der Waals surface area contributed by atoms with Crippen LogP contribution >= 0.6 is 0 Å². The molecule has 0 aliphatic rings. The highest BCUT2D eigenvalue weighted by Crippen LogP contribution is 2.14. The predicted octanol–water partition coefficient (Wildman–Crippen LogP) is 11.0. The van der Waals surface area contributed by atoms with Gasteiger partial charge in [-0.05, 0) is 25.7 Å². The maximum absolute atomic E-state index is 12.4. The minimum absolute atomic E-state index is 0.0951. The Morgan fingerprint density at radius 2 is 0.947 bits per heavy atom. The number of hydrogen-bond acceptors (Lipinski definition) is 2. The molecule has 0 aliphatic carbocycles. The molecule has 2 N–H and O–H groups in total. The summed E-state index contributed by atoms with van der Waals surface area (Å²) in [5.74, 6) is 0.0951. The first-order valence-electron chi connectivity index (χ1n) is 17.3. The van der Waals surface area contributed by atoms with Gasteiger partial charge in [-0.15, -0.1) is 0 Å². The summed E-state index contributed by atoms with van der Waals surface area (Å²) in [6, 6.07) is -0.168. The van der Waals surface area contributed by atoms with Gasteiger partial charge in [0.05, 0.1) is 12.1 Å². The van der Waals surface area contributed by atoms with Crippen molar-refractivity contribution in [1.82, 2.24) is 5.32 Å². The lowest BCUT2D eigenvalue weighted by atomic mass is 10.0. The monoisotopic (exact) mass is 536 g/mol. The van der Waals surface area contributed by atoms with Crippen LogP contribution in [0.4, 0.5) is 0 Å². The molecular formula is C35H69NO2. The summed E-state index contributed by atoms with van der Waals surface area (Å²) in [6.45, 7) is 6.59. The highest BCUT2D eigenvalue weighted by atomic mass is 16.3. The third kappa shape index (κ3) is 26.8. The van der Waals surface area contributed by atoms with Crippen molar-refractivity contribution >= 4 is 5.91 Å². The van der Waals surface area contributed by atoms with Crippen molar-refractivity contribution in [3.63, 3.8) is 0 Å². The summed E-state index contributed by atoms with van der Waals surface area (Å²) >= 11 is 0. The fourth-order valence-electron chi connectivity index (χ4n) is 5.31. The van der Waals surface area contributed by atoms with Crippen LogP contribution < -0.4 is 5.32 Å². The zero-order valence-corrected chi connectivity index (χ0v) is 26.3. The maximum Gasteiger partial charge on any atom is 0.220 e. The molecule has 0 fully saturated rings. The van der Waals surface area contributed by atoms with E-state index in [1.54, 1.807) is 0 Å². The Morgan fingerprint density at radius 1 is 0.579 bits per heavy atom. The first-order chi connectivity index (χ1) is 18.7. The van der Waals surface area contributed by atoms with E-state index in [1.165, 1.54) is 141 Å². The van der Waals surface area contributed by atoms with Crippen LogP contribution in [-0.4, -0.2) is 23.2 Å². The van der Waals surface area contributed by atoms with Gasteiger partial charge in [0, 0.05) is 6.42 Å². The number of aliphatic hydroxyl groups is 1. The summed E-state index contributed by atoms with van der Waals surface area (Å²) in [6.07, 6.45) is 37.9. The standard InChI is InChI=1S/C35H69NO2/c1-4-7-9-11-13-15-17-19-21-23-25-27-29-31-34(37)33(6-3)36-35(38)32-30-28-26-24-22-20-18-16-14-12-10-8-5-2/h29,31,33-34,37H,4-28,30,32H2,1-3H3,(H,36,38)/b31-29+/t33-,34+/m0/s1. The third-order valence-electron chi connectivity index (χ3n) is 8.01. The Morgan fingerprint density at radius 3 is 1.34 bits per heavy atom. The van der Waals surface area contributed by atoms with Crippen LogP contribution in [0.3, 0.4) is 0 Å². The number of nitrogens with one attached hydrogen (secondary N) is 1. The van der Waals surface area contributed by atoms with Crippen molar-refractivity contribution in [3.8, 4) is 0 Å². The second kappa shape index (κ2) is 30.7. The van der Waals surface area contributed by atoms with Crippen LogP contribution in [0.25, 0.3) is 0 Å². The van der Waals surface area contributed by atoms with Gasteiger partial charge in [-0.2, -0.15) is 0 Å². The molecule has 0 saturated heterocycles. The number of rotatable bonds is 30. The van der Waals surface area contributed by atoms with Gasteiger partial charge in [-0.1, -0.05) is 174 Å². The lowest BCUT2D eigenvalue weighted by molar-refractivity contribution is -0.122. The number of hydrogen-bond donors (Lipinski definition) is 2. The van der Waals surface area contributed by atoms with E-state index in [4.69, 9.17) is 0 Å². The van der Waals surface area contributed by atoms with Gasteiger partial charge in [0.25, 0.3) is 0 Å². The zero-order valence-electron chi connectivity index (χ0n) is 26.3. The predicted molar refractivity (Wildman–Crippen MR) is 169 cm³/mol. The van der Waals surface area contributed by atoms with E-state index in [0.717, 1.165) is 25.7 Å². The van der Waals surface area contributed by atoms with E-state index < -0.39 is 6.10 Å². The van der Waals surface area contributed by atoms with Gasteiger partial charge in [-0.3, -0.25) is 4.79 Å². The smallest absolute Gasteiger partial charge is 0.220 e. The van der Waals surface area contributed by atoms with Crippen LogP contribution in [0.1, 0.15) is 194 Å². The molecule has 3 nitrogen and oxygen atoms in total. The number of allylic oxidation sites excluding steroid dienone is 1. The molecule has 0 heterocycles. The van der Waals surface area contributed by atoms with Crippen LogP contribution in [-0.2, 0) is 4.79 Å². The lowest BCUT2D eigenvalue weighted by Gasteiger charge is -2.20. The zero-order chi connectivity index (χ0) is 27.9. The van der Waals surface area contributed by atoms with Crippen molar-refractivity contribution in [1.29, 1.82) is 0 Å². The largest absolute Gasteiger partial charge is 0.387 e. The molecule has 0 rings (SSSR count). The first-order valence-corrected chi connectivity index (χ1v) is 17.3. The SMILES string of the molecule is CCCCCCCCCCCCC/C=C/[C@@H](O)[C@H](CC)NC(=O)CCCCCCCCCCCCCCC. The summed E-state index contributed by atoms with van der Waals surface area (Å²) < 4.78 is 0. The first kappa shape index (κ1) is 37.2. The van der Waals surface area contributed by atoms with Crippen molar-refractivity contribution < 1.29 is 9.90 Å². The minimum atomic E-state index is -0.580. The van der Waals surface area contributed by atoms with E-state index in [2.05, 4.69) is 25.2 Å². The van der Waals surface area contributed by atoms with Gasteiger partial charge < -0.3 is 10.4 Å². The molecule has 0 bridgehead atoms. The quantitative estimate of drug-likeness (QED) is 0.0709. The van der Waals surface area contributed by atoms with E-state index in [1.807, 2.05) is 13.0 Å². The molecule has 0 aliphatic heterocycles. The fourth-order valence-corrected chi connectivity index (χ4v) is 5.31. The average molecular weight is 536 g/mol. The number of aliphatic hydroxyl groups excluding tert-OH is 1. The Hall–Kier alpha value is -0.830. The van der Waals surface area contributed by atoms with Gasteiger partial charge in [0.1, 0.15) is 0 Å². The highest BCUT2D eigenvalue weighted by molar-refractivity contribution is 5.76. The molecule has 3 heteroatoms. The Bertz CT molecular complexity index is 504. The molecule has 0 radical (unpaired) electrons. The van der Waals surface area contributed by atoms with Gasteiger partial charge in [0.15, 0.2) is 0 Å². The second-order valence-corrected chi connectivity index (χ2v) is 11.8. The maximum atomic E-state index is 12.4. The molecule has 0 aromatic rings. The molecule has 0 aromatic heterocycles. The van der Waals surface area contributed by atoms with Gasteiger partial charge in [0.2, 0.25) is 5.91 Å². The van der Waals surface area contributed by atoms with E-state index in [-0.39, 0.29) is 11.9 Å². The topological polar surface area (TPSA) is 49.3 Å². The highest BCUT2D eigenvalue weighted by Gasteiger charge is 2.16. The number of carbonyl (C=O) groups excluding carboxylic acids is 1. The van der Waals surface area contributed by atoms with Crippen molar-refractivity contribution in [2.75, 3.05) is 0 Å². The molecular weight excluding hydrogens is 466 g/mol. The fraction of sp³-hybridized carbons (Fsp3) is 0.914. The Balaban J connectivity index is 3.63. The van der Waals surface area contributed by atoms with E-state index in [9.17, 15) is 9.90 Å². The van der Waals surface area contributed by atoms with Gasteiger partial charge in [-0.25, -0.2) is 0 Å². The number of unbranched alkanes of at least 4 members (excludes halogenated alkanes) is 23. The summed E-state index contributed by atoms with van der Waals surface area (Å²) in [5, 5.41) is 13.6. The number of carbonyl (C=O) groups is 1. The summed E-state index contributed by atoms with van der Waals surface area (Å²) in [4.78, 5) is 12.4. The van der Waals surface area contributed by atoms with Crippen molar-refractivity contribution in [2.45, 2.75) is 206 Å². The molecule has 0 spiro atoms. The van der Waals surface area contributed by atoms with Crippen molar-refractivity contribution in [3.05, 3.63) is 12.2 Å². The molecule has 0 saturated carbocycles. The van der Waals surface area contributed by atoms with Crippen LogP contribution in [0, 0.1) is 0 Å². The Kier molecular flexibility index (Phi) is 30.0. The average Bonchev–Trinajstić information content (AvgIpc) is 2.92. The normalized spacial score (nSPS) is 13.3. The van der Waals surface area contributed by atoms with Crippen molar-refractivity contribution in [2.24, 2.45) is 0 Å². The van der Waals surface area contributed by atoms with Gasteiger partial charge >= 0.3 is 0 Å². The van der Waals surface area contributed by atoms with E-state index in [0.29, 0.717) is 6.42 Å². The molecule has 0 aromatic carbocycles. The Labute approximate surface area is 239 Å². The molecule has 38 heavy (non-hydrogen) atoms. The van der Waals surface area contributed by atoms with Crippen LogP contribution in [0.5, 0.6) is 0 Å². The summed E-state index contributed by atoms with van der Waals surface area (Å²) in [5.41, 5.74) is 0. The molecule has 2 atom stereocenters. The number of amides is 1. The van der Waals surface area contributed by atoms with E-state index >= 15 is 0 Å². The third-order valence-corrected chi connectivity index (χ3v) is 8.01. The second-order valence-electron chi connectivity index (χ2n) is 11.8. The van der Waals surface area contributed by atoms with Crippen LogP contribution in [0.2, 0.25) is 0 Å². The minimum Gasteiger partial charge on any atom is -0.387 e. The molecule has 1 amide bonds.